The molecule has 1 aromatic carbocycles. The number of carbonyl (C=O) groups excluding carboxylic acids is 1. The maximum absolute atomic E-state index is 12.8. The summed E-state index contributed by atoms with van der Waals surface area (Å²) in [4.78, 5) is 16.5. The molecule has 0 atom stereocenters. The number of ether oxygens (including phenoxy) is 2. The monoisotopic (exact) mass is 334 g/mol. The summed E-state index contributed by atoms with van der Waals surface area (Å²) in [7, 11) is -1.20. The van der Waals surface area contributed by atoms with Gasteiger partial charge >= 0.3 is 0 Å². The summed E-state index contributed by atoms with van der Waals surface area (Å²) in [6, 6.07) is 9.21. The number of hydrogen-bond acceptors (Lipinski definition) is 6. The topological polar surface area (TPSA) is 85.8 Å². The van der Waals surface area contributed by atoms with E-state index in [0.29, 0.717) is 5.56 Å². The maximum atomic E-state index is 12.8. The normalized spacial score (nSPS) is 15.9. The van der Waals surface area contributed by atoms with Crippen LogP contribution in [0, 0.1) is 0 Å². The van der Waals surface area contributed by atoms with Crippen LogP contribution in [0.1, 0.15) is 5.56 Å². The zero-order chi connectivity index (χ0) is 16.6. The first kappa shape index (κ1) is 15.3. The van der Waals surface area contributed by atoms with Gasteiger partial charge in [0.25, 0.3) is 10.0 Å². The minimum atomic E-state index is -3.99. The number of fused-ring (bicyclic) bond motifs is 1. The van der Waals surface area contributed by atoms with E-state index in [1.54, 1.807) is 18.2 Å². The Hall–Kier alpha value is -2.61. The molecule has 0 N–H and O–H groups in total. The lowest BCUT2D eigenvalue weighted by Gasteiger charge is -2.28. The van der Waals surface area contributed by atoms with Crippen LogP contribution in [0.5, 0.6) is 11.8 Å². The molecule has 1 aliphatic heterocycles. The van der Waals surface area contributed by atoms with Crippen LogP contribution in [-0.4, -0.2) is 33.5 Å². The Balaban J connectivity index is 2.19. The van der Waals surface area contributed by atoms with Gasteiger partial charge in [0, 0.05) is 12.1 Å². The lowest BCUT2D eigenvalue weighted by Crippen LogP contribution is -2.42. The van der Waals surface area contributed by atoms with Crippen molar-refractivity contribution in [2.45, 2.75) is 11.3 Å². The second kappa shape index (κ2) is 5.54. The largest absolute Gasteiger partial charge is 0.481 e. The lowest BCUT2D eigenvalue weighted by atomic mass is 10.1. The van der Waals surface area contributed by atoms with E-state index in [4.69, 9.17) is 9.47 Å². The molecule has 0 radical (unpaired) electrons. The molecular weight excluding hydrogens is 320 g/mol. The lowest BCUT2D eigenvalue weighted by molar-refractivity contribution is -0.117. The van der Waals surface area contributed by atoms with Crippen molar-refractivity contribution in [3.63, 3.8) is 0 Å². The van der Waals surface area contributed by atoms with Crippen molar-refractivity contribution in [3.8, 4) is 11.8 Å². The first-order chi connectivity index (χ1) is 11.0. The van der Waals surface area contributed by atoms with Crippen LogP contribution in [0.15, 0.2) is 41.3 Å². The Labute approximate surface area is 133 Å². The van der Waals surface area contributed by atoms with Crippen LogP contribution >= 0.6 is 0 Å². The van der Waals surface area contributed by atoms with E-state index >= 15 is 0 Å². The van der Waals surface area contributed by atoms with Crippen LogP contribution in [0.2, 0.25) is 0 Å². The molecule has 7 nitrogen and oxygen atoms in total. The number of anilines is 1. The average molecular weight is 334 g/mol. The molecule has 0 unspecified atom stereocenters. The number of hydrogen-bond donors (Lipinski definition) is 0. The molecule has 1 amide bonds. The van der Waals surface area contributed by atoms with Gasteiger partial charge in [-0.3, -0.25) is 4.79 Å². The molecule has 0 bridgehead atoms. The summed E-state index contributed by atoms with van der Waals surface area (Å²) in [5.74, 6) is -0.235. The van der Waals surface area contributed by atoms with Gasteiger partial charge in [-0.2, -0.15) is 4.98 Å². The third-order valence-electron chi connectivity index (χ3n) is 3.47. The van der Waals surface area contributed by atoms with E-state index in [1.807, 2.05) is 0 Å². The number of rotatable bonds is 3. The molecule has 1 aliphatic rings. The molecule has 0 saturated carbocycles. The van der Waals surface area contributed by atoms with Gasteiger partial charge in [-0.25, -0.2) is 12.7 Å². The summed E-state index contributed by atoms with van der Waals surface area (Å²) in [5, 5.41) is 0. The maximum Gasteiger partial charge on any atom is 0.271 e. The van der Waals surface area contributed by atoms with Crippen molar-refractivity contribution < 1.29 is 22.7 Å². The highest BCUT2D eigenvalue weighted by molar-refractivity contribution is 7.93. The fourth-order valence-electron chi connectivity index (χ4n) is 2.45. The second-order valence-electron chi connectivity index (χ2n) is 4.86. The van der Waals surface area contributed by atoms with Crippen molar-refractivity contribution in [3.05, 3.63) is 42.0 Å². The van der Waals surface area contributed by atoms with Crippen molar-refractivity contribution in [1.29, 1.82) is 0 Å². The smallest absolute Gasteiger partial charge is 0.271 e. The zero-order valence-corrected chi connectivity index (χ0v) is 13.3. The summed E-state index contributed by atoms with van der Waals surface area (Å²) in [6.07, 6.45) is 0.00234. The molecule has 23 heavy (non-hydrogen) atoms. The molecule has 0 spiro atoms. The minimum absolute atomic E-state index is 0.00234. The van der Waals surface area contributed by atoms with Crippen LogP contribution in [0.4, 0.5) is 5.69 Å². The Kier molecular flexibility index (Phi) is 3.69. The molecule has 0 aliphatic carbocycles. The molecule has 0 fully saturated rings. The molecule has 0 saturated heterocycles. The third kappa shape index (κ3) is 2.50. The minimum Gasteiger partial charge on any atom is -0.481 e. The number of amides is 1. The highest BCUT2D eigenvalue weighted by Gasteiger charge is 2.38. The van der Waals surface area contributed by atoms with Gasteiger partial charge in [0.1, 0.15) is 0 Å². The fourth-order valence-corrected chi connectivity index (χ4v) is 4.08. The number of benzene rings is 1. The number of sulfonamides is 1. The highest BCUT2D eigenvalue weighted by Crippen LogP contribution is 2.34. The van der Waals surface area contributed by atoms with E-state index < -0.39 is 15.9 Å². The first-order valence-corrected chi connectivity index (χ1v) is 8.17. The van der Waals surface area contributed by atoms with Crippen LogP contribution < -0.4 is 13.8 Å². The van der Waals surface area contributed by atoms with Crippen molar-refractivity contribution in [1.82, 2.24) is 4.98 Å². The average Bonchev–Trinajstić information content (AvgIpc) is 2.54. The van der Waals surface area contributed by atoms with Gasteiger partial charge in [-0.1, -0.05) is 18.2 Å². The van der Waals surface area contributed by atoms with Gasteiger partial charge < -0.3 is 9.47 Å². The third-order valence-corrected chi connectivity index (χ3v) is 5.32. The summed E-state index contributed by atoms with van der Waals surface area (Å²) in [5.41, 5.74) is 0.620. The van der Waals surface area contributed by atoms with Crippen molar-refractivity contribution >= 4 is 21.6 Å². The molecule has 1 aromatic heterocycles. The number of carbonyl (C=O) groups is 1. The van der Waals surface area contributed by atoms with E-state index in [2.05, 4.69) is 4.98 Å². The van der Waals surface area contributed by atoms with Gasteiger partial charge in [0.05, 0.1) is 31.2 Å². The SMILES string of the molecule is COc1cc(N2C(=O)Cc3ccccc3S2(=O)=O)cc(OC)n1. The molecule has 3 rings (SSSR count). The predicted molar refractivity (Wildman–Crippen MR) is 82.2 cm³/mol. The molecule has 120 valence electrons. The van der Waals surface area contributed by atoms with Gasteiger partial charge in [-0.15, -0.1) is 0 Å². The Morgan fingerprint density at radius 3 is 2.30 bits per heavy atom. The Morgan fingerprint density at radius 1 is 1.09 bits per heavy atom. The van der Waals surface area contributed by atoms with E-state index in [0.717, 1.165) is 4.31 Å². The summed E-state index contributed by atoms with van der Waals surface area (Å²) >= 11 is 0. The van der Waals surface area contributed by atoms with Crippen LogP contribution in [-0.2, 0) is 21.2 Å². The Bertz CT molecular complexity index is 857. The van der Waals surface area contributed by atoms with E-state index in [1.165, 1.54) is 32.4 Å². The highest BCUT2D eigenvalue weighted by atomic mass is 32.2. The number of pyridine rings is 1. The number of nitrogens with zero attached hydrogens (tertiary/aromatic N) is 2. The van der Waals surface area contributed by atoms with Crippen LogP contribution in [0.3, 0.4) is 0 Å². The standard InChI is InChI=1S/C15H14N2O5S/c1-21-13-8-11(9-14(16-13)22-2)17-15(18)7-10-5-3-4-6-12(10)23(17,19)20/h3-6,8-9H,7H2,1-2H3. The van der Waals surface area contributed by atoms with Gasteiger partial charge in [0.2, 0.25) is 17.7 Å². The summed E-state index contributed by atoms with van der Waals surface area (Å²) in [6.45, 7) is 0. The van der Waals surface area contributed by atoms with E-state index in [-0.39, 0.29) is 28.8 Å². The predicted octanol–water partition coefficient (Wildman–Crippen LogP) is 1.38. The number of aromatic nitrogens is 1. The summed E-state index contributed by atoms with van der Waals surface area (Å²) < 4.78 is 36.5. The van der Waals surface area contributed by atoms with Crippen molar-refractivity contribution in [2.75, 3.05) is 18.5 Å². The molecule has 2 aromatic rings. The van der Waals surface area contributed by atoms with Crippen LogP contribution in [0.25, 0.3) is 0 Å². The second-order valence-corrected chi connectivity index (χ2v) is 6.61. The first-order valence-electron chi connectivity index (χ1n) is 6.73. The van der Waals surface area contributed by atoms with Gasteiger partial charge in [0.15, 0.2) is 0 Å². The van der Waals surface area contributed by atoms with Crippen molar-refractivity contribution in [2.24, 2.45) is 0 Å². The number of methoxy groups -OCH3 is 2. The molecule has 2 heterocycles. The quantitative estimate of drug-likeness (QED) is 0.843. The molecule has 8 heteroatoms. The van der Waals surface area contributed by atoms with E-state index in [9.17, 15) is 13.2 Å². The Morgan fingerprint density at radius 2 is 1.70 bits per heavy atom. The fraction of sp³-hybridized carbons (Fsp3) is 0.200. The van der Waals surface area contributed by atoms with Gasteiger partial charge in [-0.05, 0) is 11.6 Å². The zero-order valence-electron chi connectivity index (χ0n) is 12.5. The molecular formula is C15H14N2O5S.